The lowest BCUT2D eigenvalue weighted by molar-refractivity contribution is 0.0945. The molecule has 1 amide bonds. The van der Waals surface area contributed by atoms with Gasteiger partial charge in [-0.25, -0.2) is 4.52 Å². The van der Waals surface area contributed by atoms with Crippen molar-refractivity contribution in [3.63, 3.8) is 0 Å². The molecule has 0 fully saturated rings. The fourth-order valence-corrected chi connectivity index (χ4v) is 3.30. The highest BCUT2D eigenvalue weighted by atomic mass is 16.5. The van der Waals surface area contributed by atoms with E-state index < -0.39 is 0 Å². The second-order valence-corrected chi connectivity index (χ2v) is 6.54. The first kappa shape index (κ1) is 18.5. The quantitative estimate of drug-likeness (QED) is 0.562. The van der Waals surface area contributed by atoms with Gasteiger partial charge in [0.2, 0.25) is 0 Å². The Hall–Kier alpha value is -3.81. The van der Waals surface area contributed by atoms with Crippen LogP contribution in [0.3, 0.4) is 0 Å². The summed E-state index contributed by atoms with van der Waals surface area (Å²) in [4.78, 5) is 25.3. The number of ether oxygens (including phenoxy) is 2. The first-order valence-corrected chi connectivity index (χ1v) is 9.00. The third kappa shape index (κ3) is 3.18. The molecule has 4 aromatic rings. The zero-order valence-electron chi connectivity index (χ0n) is 16.3. The maximum atomic E-state index is 12.7. The Kier molecular flexibility index (Phi) is 4.67. The Balaban J connectivity index is 1.66. The summed E-state index contributed by atoms with van der Waals surface area (Å²) in [5.41, 5.74) is 2.59. The Morgan fingerprint density at radius 2 is 1.79 bits per heavy atom. The molecule has 0 unspecified atom stereocenters. The molecule has 8 heteroatoms. The molecule has 2 aromatic heterocycles. The lowest BCUT2D eigenvalue weighted by atomic mass is 10.2. The minimum atomic E-state index is -0.377. The first-order valence-electron chi connectivity index (χ1n) is 9.00. The van der Waals surface area contributed by atoms with Crippen LogP contribution < -0.4 is 20.3 Å². The van der Waals surface area contributed by atoms with E-state index in [0.29, 0.717) is 17.0 Å². The molecule has 0 aliphatic carbocycles. The number of benzene rings is 2. The van der Waals surface area contributed by atoms with Crippen LogP contribution in [0, 0.1) is 0 Å². The van der Waals surface area contributed by atoms with E-state index in [-0.39, 0.29) is 23.7 Å². The van der Waals surface area contributed by atoms with Gasteiger partial charge in [-0.2, -0.15) is 5.10 Å². The van der Waals surface area contributed by atoms with Crippen LogP contribution in [0.4, 0.5) is 0 Å². The number of fused-ring (bicyclic) bond motifs is 3. The van der Waals surface area contributed by atoms with E-state index in [1.165, 1.54) is 10.6 Å². The van der Waals surface area contributed by atoms with Crippen molar-refractivity contribution in [2.75, 3.05) is 14.2 Å². The first-order chi connectivity index (χ1) is 14.0. The van der Waals surface area contributed by atoms with Crippen molar-refractivity contribution in [2.24, 2.45) is 7.05 Å². The molecule has 0 spiro atoms. The van der Waals surface area contributed by atoms with E-state index in [2.05, 4.69) is 10.4 Å². The average molecular weight is 392 g/mol. The average Bonchev–Trinajstić information content (AvgIpc) is 3.21. The van der Waals surface area contributed by atoms with Gasteiger partial charge < -0.3 is 19.4 Å². The number of hydrogen-bond acceptors (Lipinski definition) is 5. The van der Waals surface area contributed by atoms with Gasteiger partial charge in [-0.1, -0.05) is 12.1 Å². The monoisotopic (exact) mass is 392 g/mol. The zero-order chi connectivity index (χ0) is 20.5. The van der Waals surface area contributed by atoms with Gasteiger partial charge in [0.1, 0.15) is 17.0 Å². The molecule has 0 bridgehead atoms. The zero-order valence-corrected chi connectivity index (χ0v) is 16.3. The summed E-state index contributed by atoms with van der Waals surface area (Å²) in [5, 5.41) is 7.19. The molecule has 0 atom stereocenters. The van der Waals surface area contributed by atoms with E-state index in [0.717, 1.165) is 16.6 Å². The van der Waals surface area contributed by atoms with Crippen LogP contribution in [-0.4, -0.2) is 34.3 Å². The van der Waals surface area contributed by atoms with E-state index >= 15 is 0 Å². The molecule has 0 saturated carbocycles. The van der Waals surface area contributed by atoms with Crippen LogP contribution in [0.1, 0.15) is 16.1 Å². The van der Waals surface area contributed by atoms with Crippen molar-refractivity contribution in [3.05, 3.63) is 70.1 Å². The molecule has 4 rings (SSSR count). The molecule has 29 heavy (non-hydrogen) atoms. The summed E-state index contributed by atoms with van der Waals surface area (Å²) in [6.45, 7) is 0.249. The summed E-state index contributed by atoms with van der Waals surface area (Å²) in [7, 11) is 4.84. The van der Waals surface area contributed by atoms with Crippen LogP contribution in [-0.2, 0) is 13.6 Å². The van der Waals surface area contributed by atoms with Gasteiger partial charge in [0.15, 0.2) is 5.69 Å². The fraction of sp³-hybridized carbons (Fsp3) is 0.190. The van der Waals surface area contributed by atoms with E-state index in [1.54, 1.807) is 38.0 Å². The lowest BCUT2D eigenvalue weighted by Crippen LogP contribution is -2.23. The van der Waals surface area contributed by atoms with Gasteiger partial charge in [0, 0.05) is 31.3 Å². The molecule has 0 radical (unpaired) electrons. The number of methoxy groups -OCH3 is 2. The number of amides is 1. The van der Waals surface area contributed by atoms with Crippen LogP contribution >= 0.6 is 0 Å². The molecular weight excluding hydrogens is 372 g/mol. The molecule has 1 N–H and O–H groups in total. The number of nitrogens with zero attached hydrogens (tertiary/aromatic N) is 3. The normalized spacial score (nSPS) is 11.0. The van der Waals surface area contributed by atoms with E-state index in [1.807, 2.05) is 30.3 Å². The molecule has 0 saturated heterocycles. The number of hydrogen-bond donors (Lipinski definition) is 1. The second-order valence-electron chi connectivity index (χ2n) is 6.54. The minimum Gasteiger partial charge on any atom is -0.497 e. The third-order valence-corrected chi connectivity index (χ3v) is 4.87. The summed E-state index contributed by atoms with van der Waals surface area (Å²) >= 11 is 0. The van der Waals surface area contributed by atoms with Crippen LogP contribution in [0.5, 0.6) is 11.5 Å². The summed E-state index contributed by atoms with van der Waals surface area (Å²) in [6.07, 6.45) is 0. The highest BCUT2D eigenvalue weighted by molar-refractivity contribution is 5.94. The van der Waals surface area contributed by atoms with Gasteiger partial charge in [0.05, 0.1) is 25.3 Å². The van der Waals surface area contributed by atoms with Crippen molar-refractivity contribution in [3.8, 4) is 11.5 Å². The van der Waals surface area contributed by atoms with Gasteiger partial charge in [0.25, 0.3) is 11.5 Å². The maximum Gasteiger partial charge on any atom is 0.276 e. The summed E-state index contributed by atoms with van der Waals surface area (Å²) in [6, 6.07) is 14.3. The SMILES string of the molecule is COc1ccc(CNC(=O)c2cc3c(=O)n(C)c4ccccc4n3n2)c(OC)c1. The number of aromatic nitrogens is 3. The second kappa shape index (κ2) is 7.31. The highest BCUT2D eigenvalue weighted by Gasteiger charge is 2.16. The van der Waals surface area contributed by atoms with Crippen LogP contribution in [0.15, 0.2) is 53.3 Å². The Labute approximate surface area is 166 Å². The summed E-state index contributed by atoms with van der Waals surface area (Å²) < 4.78 is 13.6. The molecular formula is C21H20N4O4. The minimum absolute atomic E-state index is 0.172. The number of para-hydroxylation sites is 2. The maximum absolute atomic E-state index is 12.7. The van der Waals surface area contributed by atoms with Gasteiger partial charge >= 0.3 is 0 Å². The van der Waals surface area contributed by atoms with Crippen molar-refractivity contribution in [1.82, 2.24) is 19.5 Å². The number of carbonyl (C=O) groups excluding carboxylic acids is 1. The molecule has 2 aromatic carbocycles. The van der Waals surface area contributed by atoms with E-state index in [9.17, 15) is 9.59 Å². The molecule has 0 aliphatic heterocycles. The smallest absolute Gasteiger partial charge is 0.276 e. The Bertz CT molecular complexity index is 1290. The predicted octanol–water partition coefficient (Wildman–Crippen LogP) is 2.13. The molecule has 0 aliphatic rings. The standard InChI is InChI=1S/C21H20N4O4/c1-24-16-6-4-5-7-17(16)25-18(21(24)27)11-15(23-25)20(26)22-12-13-8-9-14(28-2)10-19(13)29-3/h4-11H,12H2,1-3H3,(H,22,26). The summed E-state index contributed by atoms with van der Waals surface area (Å²) in [5.74, 6) is 0.900. The Morgan fingerprint density at radius 1 is 1.03 bits per heavy atom. The topological polar surface area (TPSA) is 86.9 Å². The van der Waals surface area contributed by atoms with E-state index in [4.69, 9.17) is 9.47 Å². The molecule has 148 valence electrons. The van der Waals surface area contributed by atoms with Gasteiger partial charge in [-0.15, -0.1) is 0 Å². The van der Waals surface area contributed by atoms with Crippen LogP contribution in [0.2, 0.25) is 0 Å². The van der Waals surface area contributed by atoms with Crippen LogP contribution in [0.25, 0.3) is 16.6 Å². The van der Waals surface area contributed by atoms with Gasteiger partial charge in [-0.05, 0) is 24.3 Å². The fourth-order valence-electron chi connectivity index (χ4n) is 3.30. The van der Waals surface area contributed by atoms with Gasteiger partial charge in [-0.3, -0.25) is 9.59 Å². The molecule has 8 nitrogen and oxygen atoms in total. The molecule has 2 heterocycles. The third-order valence-electron chi connectivity index (χ3n) is 4.87. The largest absolute Gasteiger partial charge is 0.497 e. The van der Waals surface area contributed by atoms with Crippen molar-refractivity contribution in [2.45, 2.75) is 6.54 Å². The highest BCUT2D eigenvalue weighted by Crippen LogP contribution is 2.24. The van der Waals surface area contributed by atoms with Crippen molar-refractivity contribution in [1.29, 1.82) is 0 Å². The van der Waals surface area contributed by atoms with Crippen molar-refractivity contribution < 1.29 is 14.3 Å². The number of rotatable bonds is 5. The predicted molar refractivity (Wildman–Crippen MR) is 109 cm³/mol. The number of carbonyl (C=O) groups is 1. The Morgan fingerprint density at radius 3 is 2.52 bits per heavy atom. The number of aryl methyl sites for hydroxylation is 1. The lowest BCUT2D eigenvalue weighted by Gasteiger charge is -2.10. The number of nitrogens with one attached hydrogen (secondary N) is 1. The van der Waals surface area contributed by atoms with Crippen molar-refractivity contribution >= 4 is 22.5 Å².